The molecule has 0 fully saturated rings. The summed E-state index contributed by atoms with van der Waals surface area (Å²) in [6.07, 6.45) is 1.10. The molecule has 1 aromatic carbocycles. The standard InChI is InChI=1S/C13H16ClFO2/c1-9(17-2)6-7-10(16)8-11-12(14)4-3-5-13(11)15/h3-5,9H,6-8H2,1-2H3. The zero-order valence-corrected chi connectivity index (χ0v) is 10.8. The quantitative estimate of drug-likeness (QED) is 0.782. The molecule has 0 aliphatic carbocycles. The molecule has 0 saturated carbocycles. The van der Waals surface area contributed by atoms with Gasteiger partial charge in [0.1, 0.15) is 11.6 Å². The zero-order valence-electron chi connectivity index (χ0n) is 10.0. The number of rotatable bonds is 6. The van der Waals surface area contributed by atoms with Gasteiger partial charge in [-0.1, -0.05) is 17.7 Å². The number of ether oxygens (including phenoxy) is 1. The highest BCUT2D eigenvalue weighted by Gasteiger charge is 2.12. The average Bonchev–Trinajstić information content (AvgIpc) is 2.31. The lowest BCUT2D eigenvalue weighted by atomic mass is 10.0. The molecular formula is C13H16ClFO2. The lowest BCUT2D eigenvalue weighted by molar-refractivity contribution is -0.119. The first kappa shape index (κ1) is 14.1. The molecule has 1 aromatic rings. The molecule has 0 N–H and O–H groups in total. The molecule has 0 radical (unpaired) electrons. The van der Waals surface area contributed by atoms with Crippen molar-refractivity contribution < 1.29 is 13.9 Å². The van der Waals surface area contributed by atoms with Crippen LogP contribution in [0.2, 0.25) is 5.02 Å². The predicted molar refractivity (Wildman–Crippen MR) is 65.8 cm³/mol. The van der Waals surface area contributed by atoms with Crippen molar-refractivity contribution in [1.29, 1.82) is 0 Å². The Morgan fingerprint density at radius 1 is 1.53 bits per heavy atom. The van der Waals surface area contributed by atoms with Crippen LogP contribution in [0.1, 0.15) is 25.3 Å². The van der Waals surface area contributed by atoms with Crippen LogP contribution >= 0.6 is 11.6 Å². The normalized spacial score (nSPS) is 12.5. The van der Waals surface area contributed by atoms with Gasteiger partial charge in [-0.25, -0.2) is 4.39 Å². The van der Waals surface area contributed by atoms with Crippen LogP contribution in [0.25, 0.3) is 0 Å². The highest BCUT2D eigenvalue weighted by molar-refractivity contribution is 6.31. The number of carbonyl (C=O) groups excluding carboxylic acids is 1. The number of Topliss-reactive ketones (excluding diaryl/α,β-unsaturated/α-hetero) is 1. The van der Waals surface area contributed by atoms with E-state index in [1.807, 2.05) is 6.92 Å². The van der Waals surface area contributed by atoms with Gasteiger partial charge in [-0.3, -0.25) is 4.79 Å². The van der Waals surface area contributed by atoms with E-state index in [2.05, 4.69) is 0 Å². The molecule has 2 nitrogen and oxygen atoms in total. The predicted octanol–water partition coefficient (Wildman–Crippen LogP) is 3.41. The minimum absolute atomic E-state index is 0.0269. The molecule has 1 unspecified atom stereocenters. The molecule has 0 bridgehead atoms. The maximum atomic E-state index is 13.4. The molecule has 0 saturated heterocycles. The van der Waals surface area contributed by atoms with Crippen molar-refractivity contribution in [3.63, 3.8) is 0 Å². The number of methoxy groups -OCH3 is 1. The van der Waals surface area contributed by atoms with E-state index in [4.69, 9.17) is 16.3 Å². The third-order valence-corrected chi connectivity index (χ3v) is 3.02. The molecule has 1 rings (SSSR count). The molecule has 0 heterocycles. The number of ketones is 1. The van der Waals surface area contributed by atoms with Crippen LogP contribution in [0.15, 0.2) is 18.2 Å². The van der Waals surface area contributed by atoms with Crippen molar-refractivity contribution in [3.8, 4) is 0 Å². The fourth-order valence-electron chi connectivity index (χ4n) is 1.47. The fraction of sp³-hybridized carbons (Fsp3) is 0.462. The van der Waals surface area contributed by atoms with Crippen LogP contribution in [0.4, 0.5) is 4.39 Å². The van der Waals surface area contributed by atoms with Gasteiger partial charge in [0.2, 0.25) is 0 Å². The Balaban J connectivity index is 2.56. The van der Waals surface area contributed by atoms with Gasteiger partial charge in [0, 0.05) is 30.5 Å². The Kier molecular flexibility index (Phi) is 5.59. The summed E-state index contributed by atoms with van der Waals surface area (Å²) in [6.45, 7) is 1.89. The second kappa shape index (κ2) is 6.72. The molecule has 0 aliphatic heterocycles. The molecule has 1 atom stereocenters. The second-order valence-electron chi connectivity index (χ2n) is 4.00. The number of halogens is 2. The average molecular weight is 259 g/mol. The maximum absolute atomic E-state index is 13.4. The molecule has 94 valence electrons. The Hall–Kier alpha value is -0.930. The highest BCUT2D eigenvalue weighted by atomic mass is 35.5. The lowest BCUT2D eigenvalue weighted by Crippen LogP contribution is -2.11. The lowest BCUT2D eigenvalue weighted by Gasteiger charge is -2.09. The third kappa shape index (κ3) is 4.44. The zero-order chi connectivity index (χ0) is 12.8. The molecule has 0 amide bonds. The number of hydrogen-bond donors (Lipinski definition) is 0. The molecule has 0 spiro atoms. The van der Waals surface area contributed by atoms with Gasteiger partial charge in [0.25, 0.3) is 0 Å². The minimum atomic E-state index is -0.425. The summed E-state index contributed by atoms with van der Waals surface area (Å²) in [5.41, 5.74) is 0.282. The van der Waals surface area contributed by atoms with E-state index in [0.29, 0.717) is 17.9 Å². The number of hydrogen-bond acceptors (Lipinski definition) is 2. The summed E-state index contributed by atoms with van der Waals surface area (Å²) < 4.78 is 18.5. The summed E-state index contributed by atoms with van der Waals surface area (Å²) >= 11 is 5.85. The summed E-state index contributed by atoms with van der Waals surface area (Å²) in [5, 5.41) is 0.304. The van der Waals surface area contributed by atoms with Crippen molar-refractivity contribution in [2.45, 2.75) is 32.3 Å². The van der Waals surface area contributed by atoms with Crippen LogP contribution in [0.3, 0.4) is 0 Å². The van der Waals surface area contributed by atoms with E-state index >= 15 is 0 Å². The molecule has 4 heteroatoms. The van der Waals surface area contributed by atoms with Crippen molar-refractivity contribution >= 4 is 17.4 Å². The van der Waals surface area contributed by atoms with Crippen molar-refractivity contribution in [2.24, 2.45) is 0 Å². The fourth-order valence-corrected chi connectivity index (χ4v) is 1.70. The van der Waals surface area contributed by atoms with E-state index < -0.39 is 5.82 Å². The summed E-state index contributed by atoms with van der Waals surface area (Å²) in [6, 6.07) is 4.43. The van der Waals surface area contributed by atoms with Crippen molar-refractivity contribution in [1.82, 2.24) is 0 Å². The maximum Gasteiger partial charge on any atom is 0.137 e. The van der Waals surface area contributed by atoms with E-state index in [1.165, 1.54) is 12.1 Å². The first-order valence-corrected chi connectivity index (χ1v) is 5.89. The summed E-state index contributed by atoms with van der Waals surface area (Å²) in [4.78, 5) is 11.7. The Labute approximate surface area is 106 Å². The van der Waals surface area contributed by atoms with Gasteiger partial charge in [-0.15, -0.1) is 0 Å². The molecular weight excluding hydrogens is 243 g/mol. The first-order chi connectivity index (χ1) is 8.04. The van der Waals surface area contributed by atoms with Crippen LogP contribution in [-0.2, 0) is 16.0 Å². The number of carbonyl (C=O) groups is 1. The van der Waals surface area contributed by atoms with Crippen molar-refractivity contribution in [3.05, 3.63) is 34.6 Å². The first-order valence-electron chi connectivity index (χ1n) is 5.52. The smallest absolute Gasteiger partial charge is 0.137 e. The van der Waals surface area contributed by atoms with Crippen LogP contribution in [0.5, 0.6) is 0 Å². The summed E-state index contributed by atoms with van der Waals surface area (Å²) in [7, 11) is 1.60. The van der Waals surface area contributed by atoms with E-state index in [-0.39, 0.29) is 23.9 Å². The monoisotopic (exact) mass is 258 g/mol. The van der Waals surface area contributed by atoms with E-state index in [9.17, 15) is 9.18 Å². The SMILES string of the molecule is COC(C)CCC(=O)Cc1c(F)cccc1Cl. The molecule has 17 heavy (non-hydrogen) atoms. The van der Waals surface area contributed by atoms with Crippen LogP contribution in [-0.4, -0.2) is 19.0 Å². The molecule has 0 aromatic heterocycles. The largest absolute Gasteiger partial charge is 0.382 e. The Bertz CT molecular complexity index is 373. The topological polar surface area (TPSA) is 26.3 Å². The van der Waals surface area contributed by atoms with Gasteiger partial charge >= 0.3 is 0 Å². The van der Waals surface area contributed by atoms with E-state index in [1.54, 1.807) is 13.2 Å². The summed E-state index contributed by atoms with van der Waals surface area (Å²) in [5.74, 6) is -0.452. The second-order valence-corrected chi connectivity index (χ2v) is 4.41. The minimum Gasteiger partial charge on any atom is -0.382 e. The van der Waals surface area contributed by atoms with Gasteiger partial charge in [-0.05, 0) is 25.5 Å². The van der Waals surface area contributed by atoms with Crippen LogP contribution < -0.4 is 0 Å². The van der Waals surface area contributed by atoms with Gasteiger partial charge in [0.15, 0.2) is 0 Å². The van der Waals surface area contributed by atoms with Gasteiger partial charge < -0.3 is 4.74 Å². The molecule has 0 aliphatic rings. The number of benzene rings is 1. The Morgan fingerprint density at radius 2 is 2.24 bits per heavy atom. The Morgan fingerprint density at radius 3 is 2.82 bits per heavy atom. The van der Waals surface area contributed by atoms with Gasteiger partial charge in [-0.2, -0.15) is 0 Å². The van der Waals surface area contributed by atoms with Crippen molar-refractivity contribution in [2.75, 3.05) is 7.11 Å². The van der Waals surface area contributed by atoms with Crippen LogP contribution in [0, 0.1) is 5.82 Å². The van der Waals surface area contributed by atoms with Gasteiger partial charge in [0.05, 0.1) is 6.10 Å². The van der Waals surface area contributed by atoms with E-state index in [0.717, 1.165) is 0 Å². The highest BCUT2D eigenvalue weighted by Crippen LogP contribution is 2.20. The third-order valence-electron chi connectivity index (χ3n) is 2.67.